The normalized spacial score (nSPS) is 11.5. The van der Waals surface area contributed by atoms with Crippen LogP contribution in [0, 0.1) is 0 Å². The second kappa shape index (κ2) is 9.16. The molecular formula is C19H23ClN2O3S. The minimum absolute atomic E-state index is 0.185. The Labute approximate surface area is 160 Å². The molecule has 7 heteroatoms. The molecule has 0 spiro atoms. The lowest BCUT2D eigenvalue weighted by Crippen LogP contribution is -2.43. The zero-order valence-corrected chi connectivity index (χ0v) is 16.5. The molecule has 0 heterocycles. The number of hydrogen-bond acceptors (Lipinski definition) is 3. The van der Waals surface area contributed by atoms with E-state index in [1.54, 1.807) is 17.0 Å². The van der Waals surface area contributed by atoms with E-state index in [2.05, 4.69) is 0 Å². The molecule has 0 fully saturated rings. The number of likely N-dealkylation sites (N-methyl/N-ethyl adjacent to an activating group) is 1. The van der Waals surface area contributed by atoms with Gasteiger partial charge >= 0.3 is 0 Å². The molecule has 2 rings (SSSR count). The molecule has 2 aromatic rings. The van der Waals surface area contributed by atoms with E-state index in [1.807, 2.05) is 49.4 Å². The Balaban J connectivity index is 2.09. The summed E-state index contributed by atoms with van der Waals surface area (Å²) in [4.78, 5) is 14.3. The molecule has 0 atom stereocenters. The van der Waals surface area contributed by atoms with Gasteiger partial charge in [0, 0.05) is 23.8 Å². The van der Waals surface area contributed by atoms with E-state index in [-0.39, 0.29) is 19.0 Å². The van der Waals surface area contributed by atoms with Gasteiger partial charge in [0.05, 0.1) is 12.8 Å². The number of nitrogens with zero attached hydrogens (tertiary/aromatic N) is 2. The zero-order valence-electron chi connectivity index (χ0n) is 14.9. The standard InChI is InChI=1S/C19H23ClN2O3S/c1-3-22(18-7-5-4-6-8-18)19(23)15-21(26(2,24)25)14-13-16-9-11-17(20)12-10-16/h4-12H,3,13-15H2,1-2H3. The number of sulfonamides is 1. The van der Waals surface area contributed by atoms with E-state index in [9.17, 15) is 13.2 Å². The molecule has 2 aromatic carbocycles. The van der Waals surface area contributed by atoms with E-state index in [0.29, 0.717) is 18.0 Å². The number of amides is 1. The van der Waals surface area contributed by atoms with Crippen LogP contribution in [0.3, 0.4) is 0 Å². The summed E-state index contributed by atoms with van der Waals surface area (Å²) in [5.74, 6) is -0.250. The second-order valence-electron chi connectivity index (χ2n) is 5.95. The fourth-order valence-corrected chi connectivity index (χ4v) is 3.51. The van der Waals surface area contributed by atoms with Crippen molar-refractivity contribution in [2.24, 2.45) is 0 Å². The van der Waals surface area contributed by atoms with Crippen molar-refractivity contribution in [2.75, 3.05) is 30.8 Å². The van der Waals surface area contributed by atoms with E-state index in [1.165, 1.54) is 4.31 Å². The molecule has 0 aliphatic rings. The monoisotopic (exact) mass is 394 g/mol. The fraction of sp³-hybridized carbons (Fsp3) is 0.316. The predicted molar refractivity (Wildman–Crippen MR) is 106 cm³/mol. The van der Waals surface area contributed by atoms with Crippen LogP contribution in [0.25, 0.3) is 0 Å². The first kappa shape index (κ1) is 20.4. The highest BCUT2D eigenvalue weighted by Crippen LogP contribution is 2.15. The first-order valence-electron chi connectivity index (χ1n) is 8.36. The van der Waals surface area contributed by atoms with Gasteiger partial charge < -0.3 is 4.90 Å². The van der Waals surface area contributed by atoms with E-state index < -0.39 is 10.0 Å². The average molecular weight is 395 g/mol. The molecule has 0 aliphatic carbocycles. The van der Waals surface area contributed by atoms with Crippen molar-refractivity contribution in [3.8, 4) is 0 Å². The maximum Gasteiger partial charge on any atom is 0.242 e. The van der Waals surface area contributed by atoms with Gasteiger partial charge in [0.15, 0.2) is 0 Å². The summed E-state index contributed by atoms with van der Waals surface area (Å²) in [5, 5.41) is 0.630. The van der Waals surface area contributed by atoms with Crippen molar-refractivity contribution in [2.45, 2.75) is 13.3 Å². The van der Waals surface area contributed by atoms with Gasteiger partial charge in [-0.1, -0.05) is 41.9 Å². The topological polar surface area (TPSA) is 57.7 Å². The van der Waals surface area contributed by atoms with Crippen molar-refractivity contribution in [1.29, 1.82) is 0 Å². The molecule has 0 saturated carbocycles. The second-order valence-corrected chi connectivity index (χ2v) is 8.37. The fourth-order valence-electron chi connectivity index (χ4n) is 2.61. The van der Waals surface area contributed by atoms with Crippen LogP contribution in [-0.4, -0.2) is 44.5 Å². The highest BCUT2D eigenvalue weighted by Gasteiger charge is 2.23. The lowest BCUT2D eigenvalue weighted by Gasteiger charge is -2.25. The summed E-state index contributed by atoms with van der Waals surface area (Å²) >= 11 is 5.87. The molecule has 0 aromatic heterocycles. The molecule has 5 nitrogen and oxygen atoms in total. The third-order valence-corrected chi connectivity index (χ3v) is 5.53. The van der Waals surface area contributed by atoms with Gasteiger partial charge in [-0.05, 0) is 43.2 Å². The number of carbonyl (C=O) groups excluding carboxylic acids is 1. The van der Waals surface area contributed by atoms with Gasteiger partial charge in [-0.2, -0.15) is 4.31 Å². The number of halogens is 1. The third-order valence-electron chi connectivity index (χ3n) is 4.03. The van der Waals surface area contributed by atoms with Gasteiger partial charge in [0.25, 0.3) is 0 Å². The maximum absolute atomic E-state index is 12.7. The molecule has 140 valence electrons. The van der Waals surface area contributed by atoms with Gasteiger partial charge in [-0.25, -0.2) is 8.42 Å². The molecule has 0 N–H and O–H groups in total. The van der Waals surface area contributed by atoms with Crippen molar-refractivity contribution in [1.82, 2.24) is 4.31 Å². The number of para-hydroxylation sites is 1. The minimum Gasteiger partial charge on any atom is -0.312 e. The Morgan fingerprint density at radius 2 is 1.65 bits per heavy atom. The van der Waals surface area contributed by atoms with Crippen LogP contribution in [0.15, 0.2) is 54.6 Å². The summed E-state index contributed by atoms with van der Waals surface area (Å²) < 4.78 is 25.5. The van der Waals surface area contributed by atoms with Crippen LogP contribution < -0.4 is 4.90 Å². The summed E-state index contributed by atoms with van der Waals surface area (Å²) in [7, 11) is -3.50. The average Bonchev–Trinajstić information content (AvgIpc) is 2.60. The number of rotatable bonds is 8. The molecule has 1 amide bonds. The summed E-state index contributed by atoms with van der Waals surface area (Å²) in [5.41, 5.74) is 1.72. The third kappa shape index (κ3) is 5.83. The highest BCUT2D eigenvalue weighted by atomic mass is 35.5. The van der Waals surface area contributed by atoms with Crippen molar-refractivity contribution < 1.29 is 13.2 Å². The largest absolute Gasteiger partial charge is 0.312 e. The molecule has 0 unspecified atom stereocenters. The quantitative estimate of drug-likeness (QED) is 0.690. The van der Waals surface area contributed by atoms with Gasteiger partial charge in [-0.3, -0.25) is 4.79 Å². The Bertz CT molecular complexity index is 824. The lowest BCUT2D eigenvalue weighted by molar-refractivity contribution is -0.118. The zero-order chi connectivity index (χ0) is 19.2. The minimum atomic E-state index is -3.50. The van der Waals surface area contributed by atoms with E-state index >= 15 is 0 Å². The molecular weight excluding hydrogens is 372 g/mol. The number of anilines is 1. The Morgan fingerprint density at radius 3 is 2.19 bits per heavy atom. The summed E-state index contributed by atoms with van der Waals surface area (Å²) in [6, 6.07) is 16.5. The smallest absolute Gasteiger partial charge is 0.242 e. The molecule has 26 heavy (non-hydrogen) atoms. The maximum atomic E-state index is 12.7. The van der Waals surface area contributed by atoms with Crippen LogP contribution >= 0.6 is 11.6 Å². The van der Waals surface area contributed by atoms with Gasteiger partial charge in [-0.15, -0.1) is 0 Å². The molecule has 0 bridgehead atoms. The summed E-state index contributed by atoms with van der Waals surface area (Å²) in [6.07, 6.45) is 1.63. The Kier molecular flexibility index (Phi) is 7.20. The highest BCUT2D eigenvalue weighted by molar-refractivity contribution is 7.88. The number of carbonyl (C=O) groups is 1. The predicted octanol–water partition coefficient (Wildman–Crippen LogP) is 3.20. The van der Waals surface area contributed by atoms with Crippen LogP contribution in [0.1, 0.15) is 12.5 Å². The Hall–Kier alpha value is -1.89. The number of hydrogen-bond donors (Lipinski definition) is 0. The van der Waals surface area contributed by atoms with Gasteiger partial charge in [0.1, 0.15) is 0 Å². The van der Waals surface area contributed by atoms with Crippen LogP contribution in [0.2, 0.25) is 5.02 Å². The molecule has 0 aliphatic heterocycles. The van der Waals surface area contributed by atoms with E-state index in [0.717, 1.165) is 17.5 Å². The van der Waals surface area contributed by atoms with E-state index in [4.69, 9.17) is 11.6 Å². The lowest BCUT2D eigenvalue weighted by atomic mass is 10.1. The van der Waals surface area contributed by atoms with Crippen molar-refractivity contribution in [3.05, 3.63) is 65.2 Å². The first-order valence-corrected chi connectivity index (χ1v) is 10.6. The SMILES string of the molecule is CCN(C(=O)CN(CCc1ccc(Cl)cc1)S(C)(=O)=O)c1ccccc1. The summed E-state index contributed by atoms with van der Waals surface area (Å²) in [6.45, 7) is 2.38. The van der Waals surface area contributed by atoms with Crippen LogP contribution in [-0.2, 0) is 21.2 Å². The number of benzene rings is 2. The Morgan fingerprint density at radius 1 is 1.04 bits per heavy atom. The van der Waals surface area contributed by atoms with Crippen LogP contribution in [0.5, 0.6) is 0 Å². The van der Waals surface area contributed by atoms with Gasteiger partial charge in [0.2, 0.25) is 15.9 Å². The van der Waals surface area contributed by atoms with Crippen molar-refractivity contribution >= 4 is 33.2 Å². The van der Waals surface area contributed by atoms with Crippen molar-refractivity contribution in [3.63, 3.8) is 0 Å². The van der Waals surface area contributed by atoms with Crippen LogP contribution in [0.4, 0.5) is 5.69 Å². The molecule has 0 radical (unpaired) electrons. The first-order chi connectivity index (χ1) is 12.3. The molecule has 0 saturated heterocycles.